The van der Waals surface area contributed by atoms with E-state index in [4.69, 9.17) is 11.6 Å². The highest BCUT2D eigenvalue weighted by Gasteiger charge is 2.59. The Morgan fingerprint density at radius 3 is 0.727 bits per heavy atom. The van der Waals surface area contributed by atoms with E-state index >= 15 is 0 Å². The van der Waals surface area contributed by atoms with Crippen LogP contribution in [0.4, 0.5) is 68.2 Å². The minimum Gasteiger partial charge on any atom is -0.311 e. The largest absolute Gasteiger partial charge is 0.311 e. The first-order chi connectivity index (χ1) is 54.2. The average Bonchev–Trinajstić information content (AvgIpc) is 0.749. The summed E-state index contributed by atoms with van der Waals surface area (Å²) >= 11 is 7.16. The van der Waals surface area contributed by atoms with Crippen molar-refractivity contribution in [2.45, 2.75) is 27.7 Å². The molecule has 0 saturated heterocycles. The van der Waals surface area contributed by atoms with Crippen LogP contribution in [0, 0.1) is 27.7 Å². The van der Waals surface area contributed by atoms with Gasteiger partial charge in [0.15, 0.2) is 16.1 Å². The average molecular weight is 1460 g/mol. The van der Waals surface area contributed by atoms with Gasteiger partial charge in [0.25, 0.3) is 13.4 Å². The number of halogens is 1. The zero-order chi connectivity index (χ0) is 73.3. The maximum atomic E-state index is 7.16. The second-order valence-electron chi connectivity index (χ2n) is 30.6. The third-order valence-electron chi connectivity index (χ3n) is 24.4. The van der Waals surface area contributed by atoms with E-state index in [2.05, 4.69) is 416 Å². The molecular formula is C100H72B2ClN5Si2. The maximum absolute atomic E-state index is 7.16. The number of benzene rings is 16. The fourth-order valence-corrected chi connectivity index (χ4v) is 31.8. The molecule has 7 heterocycles. The lowest BCUT2D eigenvalue weighted by atomic mass is 9.33. The monoisotopic (exact) mass is 1460 g/mol. The lowest BCUT2D eigenvalue weighted by Gasteiger charge is -2.52. The van der Waals surface area contributed by atoms with Gasteiger partial charge in [0.05, 0.1) is 16.7 Å². The van der Waals surface area contributed by atoms with Crippen molar-refractivity contribution in [1.82, 2.24) is 4.57 Å². The Labute approximate surface area is 649 Å². The van der Waals surface area contributed by atoms with Crippen LogP contribution >= 0.6 is 11.6 Å². The van der Waals surface area contributed by atoms with E-state index in [0.29, 0.717) is 0 Å². The molecule has 110 heavy (non-hydrogen) atoms. The number of aromatic nitrogens is 1. The van der Waals surface area contributed by atoms with Gasteiger partial charge in [0.1, 0.15) is 0 Å². The van der Waals surface area contributed by atoms with Crippen LogP contribution in [0.5, 0.6) is 0 Å². The van der Waals surface area contributed by atoms with Gasteiger partial charge in [-0.1, -0.05) is 266 Å². The van der Waals surface area contributed by atoms with E-state index in [9.17, 15) is 0 Å². The molecule has 0 unspecified atom stereocenters. The third kappa shape index (κ3) is 9.11. The van der Waals surface area contributed by atoms with Crippen molar-refractivity contribution in [2.24, 2.45) is 0 Å². The van der Waals surface area contributed by atoms with Crippen LogP contribution in [0.3, 0.4) is 0 Å². The Balaban J connectivity index is 0.000000139. The van der Waals surface area contributed by atoms with Gasteiger partial charge in [-0.25, -0.2) is 0 Å². The number of rotatable bonds is 9. The zero-order valence-corrected chi connectivity index (χ0v) is 64.2. The minimum atomic E-state index is -2.95. The molecule has 6 aliphatic rings. The summed E-state index contributed by atoms with van der Waals surface area (Å²) in [6.07, 6.45) is 0. The van der Waals surface area contributed by atoms with Crippen LogP contribution in [-0.2, 0) is 0 Å². The molecule has 0 N–H and O–H groups in total. The van der Waals surface area contributed by atoms with Gasteiger partial charge in [-0.2, -0.15) is 0 Å². The lowest BCUT2D eigenvalue weighted by molar-refractivity contribution is 1.16. The summed E-state index contributed by atoms with van der Waals surface area (Å²) in [5.74, 6) is 0. The van der Waals surface area contributed by atoms with E-state index in [0.717, 1.165) is 44.8 Å². The highest BCUT2D eigenvalue weighted by Crippen LogP contribution is 2.50. The van der Waals surface area contributed by atoms with Crippen LogP contribution in [0.15, 0.2) is 364 Å². The smallest absolute Gasteiger partial charge is 0.251 e. The van der Waals surface area contributed by atoms with Crippen molar-refractivity contribution >= 4 is 205 Å². The van der Waals surface area contributed by atoms with Crippen LogP contribution < -0.4 is 93.9 Å². The molecule has 0 spiro atoms. The molecule has 0 amide bonds. The third-order valence-corrected chi connectivity index (χ3v) is 34.3. The second-order valence-corrected chi connectivity index (χ2v) is 38.5. The summed E-state index contributed by atoms with van der Waals surface area (Å²) in [4.78, 5) is 10.2. The van der Waals surface area contributed by atoms with Crippen LogP contribution in [0.1, 0.15) is 22.3 Å². The molecule has 16 aromatic carbocycles. The minimum absolute atomic E-state index is 0.0291. The molecule has 10 heteroatoms. The summed E-state index contributed by atoms with van der Waals surface area (Å²) in [5.41, 5.74) is 31.4. The molecular weight excluding hydrogens is 1380 g/mol. The van der Waals surface area contributed by atoms with E-state index in [1.54, 1.807) is 0 Å². The summed E-state index contributed by atoms with van der Waals surface area (Å²) in [6.45, 7) is 9.24. The summed E-state index contributed by atoms with van der Waals surface area (Å²) in [7, 11) is -5.82. The van der Waals surface area contributed by atoms with Gasteiger partial charge in [-0.15, -0.1) is 0 Å². The standard InChI is InChI=1S/C56H40BN3Si.C44H32BClN2Si/c1-37-31-48-55-52(33-37)61(42-23-11-5-12-24-42,43-25-13-6-14-26-43)53-34-38(2)32-49-56(53)57(55)54-50(58(48)39-19-7-3-8-20-39)35-41(36-51(54)59(49)40-21-9-4-10-22-40)60-46-29-17-15-27-44(46)45-28-16-18-30-47(45)60;1-29-23-36-43-40(25-29)49(34-19-11-5-12-20-34,35-21-13-6-14-22-35)41-26-30(2)24-37-44(41)45(43)42-38(47(36)32-15-7-3-8-16-32)27-31(46)28-39(42)48(37)33-17-9-4-10-18-33/h3-36H,1-2H3;3-28H,1-2H3. The predicted molar refractivity (Wildman–Crippen MR) is 474 cm³/mol. The fraction of sp³-hybridized carbons (Fsp3) is 0.0400. The highest BCUT2D eigenvalue weighted by molar-refractivity contribution is 7.28. The van der Waals surface area contributed by atoms with E-state index < -0.39 is 16.1 Å². The zero-order valence-electron chi connectivity index (χ0n) is 61.4. The second kappa shape index (κ2) is 24.7. The highest BCUT2D eigenvalue weighted by atomic mass is 35.5. The Morgan fingerprint density at radius 2 is 0.455 bits per heavy atom. The first-order valence-electron chi connectivity index (χ1n) is 38.4. The first-order valence-corrected chi connectivity index (χ1v) is 42.8. The number of fused-ring (bicyclic) bond motifs is 3. The van der Waals surface area contributed by atoms with Crippen molar-refractivity contribution in [2.75, 3.05) is 19.6 Å². The van der Waals surface area contributed by atoms with Crippen LogP contribution in [-0.4, -0.2) is 34.1 Å². The molecule has 0 aliphatic carbocycles. The number of hydrogen-bond donors (Lipinski definition) is 0. The number of nitrogens with zero attached hydrogens (tertiary/aromatic N) is 5. The van der Waals surface area contributed by atoms with E-state index in [-0.39, 0.29) is 13.4 Å². The molecule has 0 bridgehead atoms. The van der Waals surface area contributed by atoms with E-state index in [1.807, 2.05) is 0 Å². The molecule has 0 saturated carbocycles. The quantitative estimate of drug-likeness (QED) is 0.134. The van der Waals surface area contributed by atoms with Crippen molar-refractivity contribution in [1.29, 1.82) is 0 Å². The van der Waals surface area contributed by atoms with Crippen molar-refractivity contribution in [3.63, 3.8) is 0 Å². The van der Waals surface area contributed by atoms with Crippen LogP contribution in [0.2, 0.25) is 5.02 Å². The van der Waals surface area contributed by atoms with E-state index in [1.165, 1.54) is 152 Å². The lowest BCUT2D eigenvalue weighted by Crippen LogP contribution is -2.88. The van der Waals surface area contributed by atoms with Gasteiger partial charge >= 0.3 is 0 Å². The number of hydrogen-bond acceptors (Lipinski definition) is 4. The number of anilines is 12. The van der Waals surface area contributed by atoms with Crippen molar-refractivity contribution in [3.05, 3.63) is 391 Å². The topological polar surface area (TPSA) is 17.9 Å². The molecule has 5 nitrogen and oxygen atoms in total. The number of para-hydroxylation sites is 6. The van der Waals surface area contributed by atoms with Crippen LogP contribution in [0.25, 0.3) is 27.5 Å². The van der Waals surface area contributed by atoms with Gasteiger partial charge in [0, 0.05) is 84.0 Å². The maximum Gasteiger partial charge on any atom is 0.251 e. The summed E-state index contributed by atoms with van der Waals surface area (Å²) in [5, 5.41) is 14.8. The molecule has 1 aromatic heterocycles. The van der Waals surface area contributed by atoms with Crippen molar-refractivity contribution in [3.8, 4) is 5.69 Å². The summed E-state index contributed by atoms with van der Waals surface area (Å²) < 4.78 is 2.49. The number of aryl methyl sites for hydroxylation is 4. The molecule has 0 fully saturated rings. The van der Waals surface area contributed by atoms with Gasteiger partial charge < -0.3 is 24.2 Å². The first kappa shape index (κ1) is 64.5. The predicted octanol–water partition coefficient (Wildman–Crippen LogP) is 15.9. The Morgan fingerprint density at radius 1 is 0.227 bits per heavy atom. The van der Waals surface area contributed by atoms with Gasteiger partial charge in [-0.3, -0.25) is 0 Å². The Kier molecular flexibility index (Phi) is 14.5. The molecule has 17 aromatic rings. The summed E-state index contributed by atoms with van der Waals surface area (Å²) in [6, 6.07) is 137. The molecule has 0 radical (unpaired) electrons. The SMILES string of the molecule is Cc1cc2c3c(c1)[Si](c1ccccc1)(c1ccccc1)c1cc(C)cc4c1B3c1c(cc(-n3c5ccccc5c5ccccc53)cc1N4c1ccccc1)N2c1ccccc1.Cc1cc2c3c(c1)[Si](c1ccccc1)(c1ccccc1)c1cc(C)cc4c1B3c1c(cc(Cl)cc1N4c1ccccc1)N2c1ccccc1. The molecule has 0 atom stereocenters. The normalized spacial score (nSPS) is 14.3. The molecule has 23 rings (SSSR count). The molecule has 518 valence electrons. The molecule has 6 aliphatic heterocycles. The van der Waals surface area contributed by atoms with Gasteiger partial charge in [-0.05, 0) is 233 Å². The Hall–Kier alpha value is -12.6. The van der Waals surface area contributed by atoms with Crippen molar-refractivity contribution < 1.29 is 0 Å². The Bertz CT molecular complexity index is 6240. The fourth-order valence-electron chi connectivity index (χ4n) is 20.6. The van der Waals surface area contributed by atoms with Gasteiger partial charge in [0.2, 0.25) is 0 Å².